The summed E-state index contributed by atoms with van der Waals surface area (Å²) in [5.41, 5.74) is 2.31. The molecule has 0 aliphatic rings. The van der Waals surface area contributed by atoms with E-state index < -0.39 is 0 Å². The van der Waals surface area contributed by atoms with Crippen LogP contribution in [-0.2, 0) is 6.54 Å². The molecule has 0 spiro atoms. The molecule has 1 aromatic carbocycles. The molecule has 1 aromatic heterocycles. The van der Waals surface area contributed by atoms with Gasteiger partial charge in [-0.2, -0.15) is 5.10 Å². The average Bonchev–Trinajstić information content (AvgIpc) is 2.79. The first kappa shape index (κ1) is 11.8. The summed E-state index contributed by atoms with van der Waals surface area (Å²) in [4.78, 5) is 4.28. The SMILES string of the molecule is CCCNCc1ncnn1-c1ccc(C)cc1. The fraction of sp³-hybridized carbons (Fsp3) is 0.385. The van der Waals surface area contributed by atoms with Crippen LogP contribution in [0.25, 0.3) is 5.69 Å². The summed E-state index contributed by atoms with van der Waals surface area (Å²) < 4.78 is 1.88. The highest BCUT2D eigenvalue weighted by Crippen LogP contribution is 2.09. The summed E-state index contributed by atoms with van der Waals surface area (Å²) in [5, 5.41) is 7.60. The van der Waals surface area contributed by atoms with Crippen LogP contribution in [0.1, 0.15) is 24.7 Å². The highest BCUT2D eigenvalue weighted by molar-refractivity contribution is 5.33. The molecular weight excluding hydrogens is 212 g/mol. The third-order valence-corrected chi connectivity index (χ3v) is 2.61. The molecule has 0 unspecified atom stereocenters. The summed E-state index contributed by atoms with van der Waals surface area (Å²) in [6.07, 6.45) is 2.72. The second-order valence-electron chi connectivity index (χ2n) is 4.10. The molecule has 2 aromatic rings. The zero-order valence-corrected chi connectivity index (χ0v) is 10.3. The van der Waals surface area contributed by atoms with Crippen LogP contribution in [-0.4, -0.2) is 21.3 Å². The van der Waals surface area contributed by atoms with Crippen molar-refractivity contribution >= 4 is 0 Å². The van der Waals surface area contributed by atoms with Gasteiger partial charge in [-0.15, -0.1) is 0 Å². The molecule has 0 saturated carbocycles. The minimum Gasteiger partial charge on any atom is -0.310 e. The largest absolute Gasteiger partial charge is 0.310 e. The van der Waals surface area contributed by atoms with Gasteiger partial charge in [0.1, 0.15) is 12.2 Å². The van der Waals surface area contributed by atoms with E-state index >= 15 is 0 Å². The molecule has 0 aliphatic heterocycles. The van der Waals surface area contributed by atoms with Gasteiger partial charge in [0.05, 0.1) is 12.2 Å². The summed E-state index contributed by atoms with van der Waals surface area (Å²) in [6.45, 7) is 5.98. The Morgan fingerprint density at radius 1 is 1.24 bits per heavy atom. The van der Waals surface area contributed by atoms with Crippen molar-refractivity contribution in [2.75, 3.05) is 6.54 Å². The first-order valence-corrected chi connectivity index (χ1v) is 5.98. The van der Waals surface area contributed by atoms with Gasteiger partial charge in [-0.1, -0.05) is 24.6 Å². The number of rotatable bonds is 5. The molecule has 0 amide bonds. The van der Waals surface area contributed by atoms with Crippen molar-refractivity contribution in [3.63, 3.8) is 0 Å². The molecular formula is C13H18N4. The van der Waals surface area contributed by atoms with Crippen molar-refractivity contribution in [3.8, 4) is 5.69 Å². The monoisotopic (exact) mass is 230 g/mol. The molecule has 0 fully saturated rings. The maximum atomic E-state index is 4.28. The Kier molecular flexibility index (Phi) is 3.88. The molecule has 4 heteroatoms. The number of hydrogen-bond acceptors (Lipinski definition) is 3. The van der Waals surface area contributed by atoms with Gasteiger partial charge in [0.2, 0.25) is 0 Å². The normalized spacial score (nSPS) is 10.7. The highest BCUT2D eigenvalue weighted by Gasteiger charge is 2.05. The standard InChI is InChI=1S/C13H18N4/c1-3-8-14-9-13-15-10-16-17(13)12-6-4-11(2)5-7-12/h4-7,10,14H,3,8-9H2,1-2H3. The molecule has 0 atom stereocenters. The van der Waals surface area contributed by atoms with Crippen LogP contribution in [0.3, 0.4) is 0 Å². The van der Waals surface area contributed by atoms with E-state index in [4.69, 9.17) is 0 Å². The quantitative estimate of drug-likeness (QED) is 0.800. The first-order valence-electron chi connectivity index (χ1n) is 5.98. The highest BCUT2D eigenvalue weighted by atomic mass is 15.3. The maximum absolute atomic E-state index is 4.28. The average molecular weight is 230 g/mol. The second kappa shape index (κ2) is 5.59. The number of hydrogen-bond donors (Lipinski definition) is 1. The van der Waals surface area contributed by atoms with Gasteiger partial charge in [0.15, 0.2) is 0 Å². The predicted octanol–water partition coefficient (Wildman–Crippen LogP) is 2.08. The molecule has 1 heterocycles. The first-order chi connectivity index (χ1) is 8.31. The Hall–Kier alpha value is -1.68. The van der Waals surface area contributed by atoms with Crippen LogP contribution in [0, 0.1) is 6.92 Å². The van der Waals surface area contributed by atoms with Crippen LogP contribution in [0.15, 0.2) is 30.6 Å². The van der Waals surface area contributed by atoms with Gasteiger partial charge in [0, 0.05) is 0 Å². The second-order valence-corrected chi connectivity index (χ2v) is 4.10. The molecule has 1 N–H and O–H groups in total. The fourth-order valence-electron chi connectivity index (χ4n) is 1.66. The minimum absolute atomic E-state index is 0.752. The van der Waals surface area contributed by atoms with Crippen LogP contribution in [0.4, 0.5) is 0 Å². The van der Waals surface area contributed by atoms with E-state index in [0.29, 0.717) is 0 Å². The van der Waals surface area contributed by atoms with Crippen LogP contribution in [0.5, 0.6) is 0 Å². The van der Waals surface area contributed by atoms with Gasteiger partial charge >= 0.3 is 0 Å². The lowest BCUT2D eigenvalue weighted by Gasteiger charge is -2.07. The molecule has 0 radical (unpaired) electrons. The number of aryl methyl sites for hydroxylation is 1. The third kappa shape index (κ3) is 2.91. The van der Waals surface area contributed by atoms with Gasteiger partial charge in [0.25, 0.3) is 0 Å². The lowest BCUT2D eigenvalue weighted by Crippen LogP contribution is -2.17. The summed E-state index contributed by atoms with van der Waals surface area (Å²) >= 11 is 0. The third-order valence-electron chi connectivity index (χ3n) is 2.61. The number of nitrogens with one attached hydrogen (secondary N) is 1. The van der Waals surface area contributed by atoms with Crippen molar-refractivity contribution in [2.45, 2.75) is 26.8 Å². The Bertz CT molecular complexity index is 459. The maximum Gasteiger partial charge on any atom is 0.146 e. The van der Waals surface area contributed by atoms with Crippen LogP contribution in [0.2, 0.25) is 0 Å². The smallest absolute Gasteiger partial charge is 0.146 e. The van der Waals surface area contributed by atoms with E-state index in [9.17, 15) is 0 Å². The molecule has 0 bridgehead atoms. The van der Waals surface area contributed by atoms with E-state index in [1.54, 1.807) is 6.33 Å². The van der Waals surface area contributed by atoms with Crippen molar-refractivity contribution in [2.24, 2.45) is 0 Å². The number of benzene rings is 1. The number of nitrogens with zero attached hydrogens (tertiary/aromatic N) is 3. The Balaban J connectivity index is 2.15. The fourth-order valence-corrected chi connectivity index (χ4v) is 1.66. The van der Waals surface area contributed by atoms with Crippen molar-refractivity contribution in [1.82, 2.24) is 20.1 Å². The van der Waals surface area contributed by atoms with E-state index in [0.717, 1.165) is 31.0 Å². The zero-order valence-electron chi connectivity index (χ0n) is 10.3. The Morgan fingerprint density at radius 3 is 2.71 bits per heavy atom. The van der Waals surface area contributed by atoms with Gasteiger partial charge < -0.3 is 5.32 Å². The molecule has 0 aliphatic carbocycles. The summed E-state index contributed by atoms with van der Waals surface area (Å²) in [7, 11) is 0. The van der Waals surface area contributed by atoms with E-state index in [2.05, 4.69) is 53.5 Å². The molecule has 4 nitrogen and oxygen atoms in total. The van der Waals surface area contributed by atoms with E-state index in [-0.39, 0.29) is 0 Å². The molecule has 0 saturated heterocycles. The van der Waals surface area contributed by atoms with Crippen molar-refractivity contribution in [3.05, 3.63) is 42.0 Å². The number of aromatic nitrogens is 3. The summed E-state index contributed by atoms with van der Waals surface area (Å²) in [6, 6.07) is 8.29. The van der Waals surface area contributed by atoms with Gasteiger partial charge in [-0.3, -0.25) is 0 Å². The van der Waals surface area contributed by atoms with E-state index in [1.165, 1.54) is 5.56 Å². The van der Waals surface area contributed by atoms with Crippen LogP contribution < -0.4 is 5.32 Å². The lowest BCUT2D eigenvalue weighted by atomic mass is 10.2. The molecule has 90 valence electrons. The molecule has 17 heavy (non-hydrogen) atoms. The van der Waals surface area contributed by atoms with Crippen molar-refractivity contribution in [1.29, 1.82) is 0 Å². The van der Waals surface area contributed by atoms with Crippen molar-refractivity contribution < 1.29 is 0 Å². The van der Waals surface area contributed by atoms with Gasteiger partial charge in [-0.05, 0) is 32.0 Å². The predicted molar refractivity (Wildman–Crippen MR) is 68.1 cm³/mol. The van der Waals surface area contributed by atoms with Crippen LogP contribution >= 0.6 is 0 Å². The topological polar surface area (TPSA) is 42.7 Å². The van der Waals surface area contributed by atoms with Gasteiger partial charge in [-0.25, -0.2) is 9.67 Å². The molecule has 2 rings (SSSR count). The lowest BCUT2D eigenvalue weighted by molar-refractivity contribution is 0.633. The Morgan fingerprint density at radius 2 is 2.00 bits per heavy atom. The minimum atomic E-state index is 0.752. The van der Waals surface area contributed by atoms with E-state index in [1.807, 2.05) is 4.68 Å². The zero-order chi connectivity index (χ0) is 12.1. The Labute approximate surface area is 102 Å². The summed E-state index contributed by atoms with van der Waals surface area (Å²) in [5.74, 6) is 0.947.